The molecule has 1 aliphatic heterocycles. The van der Waals surface area contributed by atoms with Gasteiger partial charge in [0.1, 0.15) is 11.6 Å². The molecule has 0 atom stereocenters. The van der Waals surface area contributed by atoms with Gasteiger partial charge >= 0.3 is 0 Å². The zero-order valence-corrected chi connectivity index (χ0v) is 9.45. The average molecular weight is 221 g/mol. The fraction of sp³-hybridized carbons (Fsp3) is 0.545. The highest BCUT2D eigenvalue weighted by Gasteiger charge is 2.10. The summed E-state index contributed by atoms with van der Waals surface area (Å²) in [4.78, 5) is 6.76. The van der Waals surface area contributed by atoms with Gasteiger partial charge in [-0.1, -0.05) is 6.07 Å². The molecule has 1 aromatic heterocycles. The molecule has 4 N–H and O–H groups in total. The summed E-state index contributed by atoms with van der Waals surface area (Å²) in [6.07, 6.45) is 2.68. The first-order valence-corrected chi connectivity index (χ1v) is 5.78. The van der Waals surface area contributed by atoms with E-state index in [1.807, 2.05) is 18.2 Å². The Morgan fingerprint density at radius 1 is 1.25 bits per heavy atom. The predicted molar refractivity (Wildman–Crippen MR) is 66.2 cm³/mol. The van der Waals surface area contributed by atoms with Crippen LogP contribution in [0.3, 0.4) is 0 Å². The summed E-state index contributed by atoms with van der Waals surface area (Å²) >= 11 is 0. The number of hydrazine groups is 1. The lowest BCUT2D eigenvalue weighted by Gasteiger charge is -2.15. The molecule has 0 radical (unpaired) electrons. The van der Waals surface area contributed by atoms with Gasteiger partial charge in [-0.05, 0) is 38.1 Å². The van der Waals surface area contributed by atoms with Crippen LogP contribution in [0.25, 0.3) is 0 Å². The molecule has 1 aliphatic rings. The Morgan fingerprint density at radius 3 is 2.75 bits per heavy atom. The van der Waals surface area contributed by atoms with Gasteiger partial charge in [-0.3, -0.25) is 0 Å². The number of pyridine rings is 1. The second-order valence-electron chi connectivity index (χ2n) is 4.03. The van der Waals surface area contributed by atoms with Gasteiger partial charge in [-0.25, -0.2) is 10.8 Å². The smallest absolute Gasteiger partial charge is 0.142 e. The van der Waals surface area contributed by atoms with Crippen LogP contribution < -0.4 is 16.6 Å². The highest BCUT2D eigenvalue weighted by molar-refractivity contribution is 5.44. The van der Waals surface area contributed by atoms with Gasteiger partial charge < -0.3 is 15.6 Å². The summed E-state index contributed by atoms with van der Waals surface area (Å²) in [6, 6.07) is 5.72. The number of anilines is 2. The van der Waals surface area contributed by atoms with Gasteiger partial charge in [0.05, 0.1) is 0 Å². The molecule has 88 valence electrons. The molecule has 5 nitrogen and oxygen atoms in total. The summed E-state index contributed by atoms with van der Waals surface area (Å²) in [5, 5.41) is 3.30. The van der Waals surface area contributed by atoms with E-state index < -0.39 is 0 Å². The molecule has 1 fully saturated rings. The van der Waals surface area contributed by atoms with Crippen molar-refractivity contribution < 1.29 is 0 Å². The first-order chi connectivity index (χ1) is 7.88. The minimum Gasteiger partial charge on any atom is -0.369 e. The number of nitrogens with zero attached hydrogens (tertiary/aromatic N) is 2. The van der Waals surface area contributed by atoms with Gasteiger partial charge in [-0.2, -0.15) is 0 Å². The molecule has 0 aliphatic carbocycles. The van der Waals surface area contributed by atoms with Gasteiger partial charge in [0.25, 0.3) is 0 Å². The van der Waals surface area contributed by atoms with Gasteiger partial charge in [0, 0.05) is 13.1 Å². The molecule has 1 saturated heterocycles. The van der Waals surface area contributed by atoms with Crippen molar-refractivity contribution >= 4 is 11.6 Å². The van der Waals surface area contributed by atoms with Crippen LogP contribution in [0.1, 0.15) is 12.8 Å². The van der Waals surface area contributed by atoms with Crippen molar-refractivity contribution in [2.24, 2.45) is 5.84 Å². The second-order valence-corrected chi connectivity index (χ2v) is 4.03. The lowest BCUT2D eigenvalue weighted by molar-refractivity contribution is 0.352. The van der Waals surface area contributed by atoms with Crippen molar-refractivity contribution in [3.8, 4) is 0 Å². The first kappa shape index (κ1) is 11.2. The molecule has 2 rings (SSSR count). The maximum Gasteiger partial charge on any atom is 0.142 e. The van der Waals surface area contributed by atoms with Crippen LogP contribution >= 0.6 is 0 Å². The Balaban J connectivity index is 1.75. The predicted octanol–water partition coefficient (Wildman–Crippen LogP) is 0.875. The largest absolute Gasteiger partial charge is 0.369 e. The summed E-state index contributed by atoms with van der Waals surface area (Å²) in [5.41, 5.74) is 2.54. The van der Waals surface area contributed by atoms with E-state index >= 15 is 0 Å². The zero-order valence-electron chi connectivity index (χ0n) is 9.45. The van der Waals surface area contributed by atoms with E-state index in [9.17, 15) is 0 Å². The Kier molecular flexibility index (Phi) is 3.96. The molecule has 0 amide bonds. The van der Waals surface area contributed by atoms with E-state index in [0.29, 0.717) is 5.82 Å². The third-order valence-corrected chi connectivity index (χ3v) is 2.83. The van der Waals surface area contributed by atoms with Gasteiger partial charge in [-0.15, -0.1) is 0 Å². The Hall–Kier alpha value is -1.33. The maximum atomic E-state index is 5.30. The SMILES string of the molecule is NNc1cccc(NCCN2CCCC2)n1. The van der Waals surface area contributed by atoms with Crippen molar-refractivity contribution in [1.82, 2.24) is 9.88 Å². The van der Waals surface area contributed by atoms with E-state index in [4.69, 9.17) is 5.84 Å². The van der Waals surface area contributed by atoms with Crippen LogP contribution in [0, 0.1) is 0 Å². The zero-order chi connectivity index (χ0) is 11.2. The fourth-order valence-corrected chi connectivity index (χ4v) is 1.96. The molecule has 2 heterocycles. The standard InChI is InChI=1S/C11H19N5/c12-15-11-5-3-4-10(14-11)13-6-9-16-7-1-2-8-16/h3-5H,1-2,6-9,12H2,(H2,13,14,15). The van der Waals surface area contributed by atoms with Crippen LogP contribution in [-0.2, 0) is 0 Å². The van der Waals surface area contributed by atoms with E-state index in [1.165, 1.54) is 25.9 Å². The lowest BCUT2D eigenvalue weighted by Crippen LogP contribution is -2.26. The quantitative estimate of drug-likeness (QED) is 0.508. The molecule has 0 saturated carbocycles. The van der Waals surface area contributed by atoms with Crippen LogP contribution in [0.4, 0.5) is 11.6 Å². The van der Waals surface area contributed by atoms with E-state index in [0.717, 1.165) is 18.9 Å². The third-order valence-electron chi connectivity index (χ3n) is 2.83. The molecule has 0 unspecified atom stereocenters. The summed E-state index contributed by atoms with van der Waals surface area (Å²) < 4.78 is 0. The van der Waals surface area contributed by atoms with Crippen molar-refractivity contribution in [2.45, 2.75) is 12.8 Å². The Bertz CT molecular complexity index is 322. The van der Waals surface area contributed by atoms with Crippen molar-refractivity contribution in [2.75, 3.05) is 36.9 Å². The number of nitrogens with one attached hydrogen (secondary N) is 2. The summed E-state index contributed by atoms with van der Waals surface area (Å²) in [6.45, 7) is 4.49. The number of hydrogen-bond donors (Lipinski definition) is 3. The molecule has 0 bridgehead atoms. The number of aromatic nitrogens is 1. The Morgan fingerprint density at radius 2 is 2.00 bits per heavy atom. The van der Waals surface area contributed by atoms with Crippen LogP contribution in [-0.4, -0.2) is 36.1 Å². The topological polar surface area (TPSA) is 66.2 Å². The van der Waals surface area contributed by atoms with E-state index in [-0.39, 0.29) is 0 Å². The fourth-order valence-electron chi connectivity index (χ4n) is 1.96. The summed E-state index contributed by atoms with van der Waals surface area (Å²) in [5.74, 6) is 6.85. The highest BCUT2D eigenvalue weighted by atomic mass is 15.3. The molecule has 1 aromatic rings. The van der Waals surface area contributed by atoms with Crippen molar-refractivity contribution in [1.29, 1.82) is 0 Å². The van der Waals surface area contributed by atoms with E-state index in [1.54, 1.807) is 0 Å². The normalized spacial score (nSPS) is 16.3. The maximum absolute atomic E-state index is 5.30. The molecular weight excluding hydrogens is 202 g/mol. The molecule has 0 aromatic carbocycles. The Labute approximate surface area is 96.0 Å². The number of hydrogen-bond acceptors (Lipinski definition) is 5. The van der Waals surface area contributed by atoms with Crippen LogP contribution in [0.2, 0.25) is 0 Å². The van der Waals surface area contributed by atoms with Crippen LogP contribution in [0.15, 0.2) is 18.2 Å². The monoisotopic (exact) mass is 221 g/mol. The number of rotatable bonds is 5. The highest BCUT2D eigenvalue weighted by Crippen LogP contribution is 2.09. The van der Waals surface area contributed by atoms with Crippen molar-refractivity contribution in [3.05, 3.63) is 18.2 Å². The minimum atomic E-state index is 0.686. The number of nitrogen functional groups attached to an aromatic ring is 1. The van der Waals surface area contributed by atoms with E-state index in [2.05, 4.69) is 20.6 Å². The molecule has 0 spiro atoms. The molecule has 16 heavy (non-hydrogen) atoms. The number of nitrogens with two attached hydrogens (primary N) is 1. The number of likely N-dealkylation sites (tertiary alicyclic amines) is 1. The van der Waals surface area contributed by atoms with Gasteiger partial charge in [0.15, 0.2) is 0 Å². The average Bonchev–Trinajstić information content (AvgIpc) is 2.82. The second kappa shape index (κ2) is 5.67. The lowest BCUT2D eigenvalue weighted by atomic mass is 10.4. The van der Waals surface area contributed by atoms with Crippen LogP contribution in [0.5, 0.6) is 0 Å². The summed E-state index contributed by atoms with van der Waals surface area (Å²) in [7, 11) is 0. The molecular formula is C11H19N5. The third kappa shape index (κ3) is 3.08. The minimum absolute atomic E-state index is 0.686. The van der Waals surface area contributed by atoms with Crippen molar-refractivity contribution in [3.63, 3.8) is 0 Å². The first-order valence-electron chi connectivity index (χ1n) is 5.78. The molecule has 5 heteroatoms. The van der Waals surface area contributed by atoms with Gasteiger partial charge in [0.2, 0.25) is 0 Å².